The summed E-state index contributed by atoms with van der Waals surface area (Å²) in [6.07, 6.45) is 5.00. The second-order valence-electron chi connectivity index (χ2n) is 6.55. The lowest BCUT2D eigenvalue weighted by Crippen LogP contribution is -2.45. The Hall–Kier alpha value is -2.35. The van der Waals surface area contributed by atoms with E-state index >= 15 is 0 Å². The molecule has 0 spiro atoms. The van der Waals surface area contributed by atoms with Crippen molar-refractivity contribution >= 4 is 17.8 Å². The summed E-state index contributed by atoms with van der Waals surface area (Å²) >= 11 is 0. The maximum atomic E-state index is 12.6. The van der Waals surface area contributed by atoms with Crippen LogP contribution in [-0.2, 0) is 16.1 Å². The number of urea groups is 1. The molecule has 0 aromatic carbocycles. The van der Waals surface area contributed by atoms with Crippen molar-refractivity contribution in [3.8, 4) is 0 Å². The molecular formula is C17H25N5O3. The van der Waals surface area contributed by atoms with E-state index in [1.807, 2.05) is 0 Å². The standard InChI is InChI=1S/C17H25N5O3/c1-3-8-21-9-5-14(16(21)23)20(2)17(24)19-15-4-7-18-22(15)11-13-6-10-25-12-13/h3-4,7,13-14H,1,5-6,8-12H2,2H3,(H,19,24)/t13-,14-/m0/s1. The summed E-state index contributed by atoms with van der Waals surface area (Å²) in [6.45, 7) is 7.03. The van der Waals surface area contributed by atoms with Crippen molar-refractivity contribution in [2.24, 2.45) is 5.92 Å². The predicted molar refractivity (Wildman–Crippen MR) is 93.1 cm³/mol. The monoisotopic (exact) mass is 347 g/mol. The van der Waals surface area contributed by atoms with Gasteiger partial charge in [0, 0.05) is 45.3 Å². The normalized spacial score (nSPS) is 23.1. The van der Waals surface area contributed by atoms with Gasteiger partial charge in [0.1, 0.15) is 11.9 Å². The van der Waals surface area contributed by atoms with Gasteiger partial charge in [0.05, 0.1) is 12.8 Å². The number of hydrogen-bond acceptors (Lipinski definition) is 4. The predicted octanol–water partition coefficient (Wildman–Crippen LogP) is 1.17. The molecule has 0 bridgehead atoms. The Bertz CT molecular complexity index is 638. The summed E-state index contributed by atoms with van der Waals surface area (Å²) in [4.78, 5) is 28.1. The molecule has 0 saturated carbocycles. The Balaban J connectivity index is 1.59. The molecule has 0 unspecified atom stereocenters. The number of carbonyl (C=O) groups excluding carboxylic acids is 2. The fraction of sp³-hybridized carbons (Fsp3) is 0.588. The molecule has 1 N–H and O–H groups in total. The van der Waals surface area contributed by atoms with E-state index in [1.54, 1.807) is 35.0 Å². The number of anilines is 1. The van der Waals surface area contributed by atoms with Crippen molar-refractivity contribution in [2.45, 2.75) is 25.4 Å². The van der Waals surface area contributed by atoms with Crippen molar-refractivity contribution in [2.75, 3.05) is 38.7 Å². The van der Waals surface area contributed by atoms with Gasteiger partial charge in [-0.25, -0.2) is 9.48 Å². The van der Waals surface area contributed by atoms with Gasteiger partial charge in [-0.3, -0.25) is 10.1 Å². The molecule has 0 radical (unpaired) electrons. The Morgan fingerprint density at radius 3 is 3.12 bits per heavy atom. The first-order chi connectivity index (χ1) is 12.1. The molecule has 2 fully saturated rings. The minimum atomic E-state index is -0.431. The summed E-state index contributed by atoms with van der Waals surface area (Å²) in [6, 6.07) is 1.03. The third-order valence-corrected chi connectivity index (χ3v) is 4.81. The van der Waals surface area contributed by atoms with Crippen molar-refractivity contribution in [1.29, 1.82) is 0 Å². The van der Waals surface area contributed by atoms with Gasteiger partial charge >= 0.3 is 6.03 Å². The van der Waals surface area contributed by atoms with Crippen LogP contribution in [0.3, 0.4) is 0 Å². The van der Waals surface area contributed by atoms with Crippen LogP contribution in [0.5, 0.6) is 0 Å². The summed E-state index contributed by atoms with van der Waals surface area (Å²) in [7, 11) is 1.65. The number of hydrogen-bond donors (Lipinski definition) is 1. The molecule has 3 amide bonds. The second-order valence-corrected chi connectivity index (χ2v) is 6.55. The van der Waals surface area contributed by atoms with Gasteiger partial charge in [0.25, 0.3) is 0 Å². The van der Waals surface area contributed by atoms with Crippen LogP contribution < -0.4 is 5.32 Å². The first-order valence-electron chi connectivity index (χ1n) is 8.63. The van der Waals surface area contributed by atoms with Gasteiger partial charge < -0.3 is 14.5 Å². The number of carbonyl (C=O) groups is 2. The summed E-state index contributed by atoms with van der Waals surface area (Å²) in [5, 5.41) is 7.15. The van der Waals surface area contributed by atoms with E-state index in [0.29, 0.717) is 37.8 Å². The van der Waals surface area contributed by atoms with Gasteiger partial charge in [-0.15, -0.1) is 6.58 Å². The molecule has 3 heterocycles. The van der Waals surface area contributed by atoms with E-state index in [4.69, 9.17) is 4.74 Å². The molecule has 8 nitrogen and oxygen atoms in total. The van der Waals surface area contributed by atoms with Crippen LogP contribution in [0.25, 0.3) is 0 Å². The molecule has 2 saturated heterocycles. The third kappa shape index (κ3) is 3.84. The number of rotatable bonds is 6. The number of aromatic nitrogens is 2. The van der Waals surface area contributed by atoms with E-state index in [2.05, 4.69) is 17.0 Å². The van der Waals surface area contributed by atoms with Crippen LogP contribution in [0, 0.1) is 5.92 Å². The lowest BCUT2D eigenvalue weighted by Gasteiger charge is -2.24. The zero-order chi connectivity index (χ0) is 17.8. The number of nitrogens with one attached hydrogen (secondary N) is 1. The van der Waals surface area contributed by atoms with Gasteiger partial charge in [-0.05, 0) is 12.8 Å². The maximum Gasteiger partial charge on any atom is 0.323 e. The highest BCUT2D eigenvalue weighted by atomic mass is 16.5. The first-order valence-corrected chi connectivity index (χ1v) is 8.63. The van der Waals surface area contributed by atoms with Crippen LogP contribution in [0.2, 0.25) is 0 Å². The number of likely N-dealkylation sites (tertiary alicyclic amines) is 1. The number of nitrogens with zero attached hydrogens (tertiary/aromatic N) is 4. The number of ether oxygens (including phenoxy) is 1. The highest BCUT2D eigenvalue weighted by Gasteiger charge is 2.36. The SMILES string of the molecule is C=CCN1CC[C@H](N(C)C(=O)Nc2ccnn2C[C@@H]2CCOC2)C1=O. The van der Waals surface area contributed by atoms with E-state index in [9.17, 15) is 9.59 Å². The molecule has 2 aliphatic rings. The van der Waals surface area contributed by atoms with E-state index in [-0.39, 0.29) is 11.9 Å². The highest BCUT2D eigenvalue weighted by Crippen LogP contribution is 2.19. The highest BCUT2D eigenvalue weighted by molar-refractivity contribution is 5.93. The molecule has 136 valence electrons. The minimum Gasteiger partial charge on any atom is -0.381 e. The zero-order valence-electron chi connectivity index (χ0n) is 14.6. The Labute approximate surface area is 147 Å². The van der Waals surface area contributed by atoms with E-state index in [0.717, 1.165) is 19.6 Å². The molecule has 2 aliphatic heterocycles. The maximum absolute atomic E-state index is 12.6. The Morgan fingerprint density at radius 2 is 2.40 bits per heavy atom. The topological polar surface area (TPSA) is 79.7 Å². The van der Waals surface area contributed by atoms with Crippen molar-refractivity contribution < 1.29 is 14.3 Å². The van der Waals surface area contributed by atoms with Crippen molar-refractivity contribution in [1.82, 2.24) is 19.6 Å². The van der Waals surface area contributed by atoms with Gasteiger partial charge in [0.2, 0.25) is 5.91 Å². The Morgan fingerprint density at radius 1 is 1.56 bits per heavy atom. The average Bonchev–Trinajstić information content (AvgIpc) is 3.32. The lowest BCUT2D eigenvalue weighted by molar-refractivity contribution is -0.130. The fourth-order valence-electron chi connectivity index (χ4n) is 3.31. The molecule has 8 heteroatoms. The first kappa shape index (κ1) is 17.5. The largest absolute Gasteiger partial charge is 0.381 e. The third-order valence-electron chi connectivity index (χ3n) is 4.81. The average molecular weight is 347 g/mol. The van der Waals surface area contributed by atoms with E-state index in [1.165, 1.54) is 4.90 Å². The van der Waals surface area contributed by atoms with Crippen LogP contribution >= 0.6 is 0 Å². The molecule has 1 aromatic rings. The number of amides is 3. The smallest absolute Gasteiger partial charge is 0.323 e. The van der Waals surface area contributed by atoms with Gasteiger partial charge in [-0.2, -0.15) is 5.10 Å². The number of likely N-dealkylation sites (N-methyl/N-ethyl adjacent to an activating group) is 1. The molecule has 2 atom stereocenters. The summed E-state index contributed by atoms with van der Waals surface area (Å²) in [5.74, 6) is 1.02. The fourth-order valence-corrected chi connectivity index (χ4v) is 3.31. The zero-order valence-corrected chi connectivity index (χ0v) is 14.6. The van der Waals surface area contributed by atoms with E-state index < -0.39 is 6.04 Å². The molecular weight excluding hydrogens is 322 g/mol. The van der Waals surface area contributed by atoms with Gasteiger partial charge in [0.15, 0.2) is 0 Å². The molecule has 25 heavy (non-hydrogen) atoms. The van der Waals surface area contributed by atoms with Crippen LogP contribution in [0.15, 0.2) is 24.9 Å². The van der Waals surface area contributed by atoms with Crippen LogP contribution in [0.4, 0.5) is 10.6 Å². The lowest BCUT2D eigenvalue weighted by atomic mass is 10.1. The van der Waals surface area contributed by atoms with Crippen molar-refractivity contribution in [3.05, 3.63) is 24.9 Å². The molecule has 3 rings (SSSR count). The Kier molecular flexibility index (Phi) is 5.37. The summed E-state index contributed by atoms with van der Waals surface area (Å²) < 4.78 is 7.17. The van der Waals surface area contributed by atoms with Crippen molar-refractivity contribution in [3.63, 3.8) is 0 Å². The van der Waals surface area contributed by atoms with Crippen LogP contribution in [0.1, 0.15) is 12.8 Å². The summed E-state index contributed by atoms with van der Waals surface area (Å²) in [5.41, 5.74) is 0. The van der Waals surface area contributed by atoms with Crippen LogP contribution in [-0.4, -0.2) is 70.9 Å². The quantitative estimate of drug-likeness (QED) is 0.784. The van der Waals surface area contributed by atoms with Gasteiger partial charge in [-0.1, -0.05) is 6.08 Å². The molecule has 1 aromatic heterocycles. The minimum absolute atomic E-state index is 0.0332. The molecule has 0 aliphatic carbocycles. The second kappa shape index (κ2) is 7.69.